The second kappa shape index (κ2) is 9.02. The number of anilines is 1. The lowest BCUT2D eigenvalue weighted by Gasteiger charge is -2.36. The Bertz CT molecular complexity index is 840. The first kappa shape index (κ1) is 19.9. The summed E-state index contributed by atoms with van der Waals surface area (Å²) in [5.74, 6) is 0.835. The third-order valence-corrected chi connectivity index (χ3v) is 7.15. The van der Waals surface area contributed by atoms with Gasteiger partial charge in [-0.3, -0.25) is 9.58 Å². The van der Waals surface area contributed by atoms with E-state index in [9.17, 15) is 5.11 Å². The van der Waals surface area contributed by atoms with Gasteiger partial charge in [-0.25, -0.2) is 9.97 Å². The quantitative estimate of drug-likeness (QED) is 0.787. The van der Waals surface area contributed by atoms with Crippen molar-refractivity contribution in [3.63, 3.8) is 0 Å². The van der Waals surface area contributed by atoms with Crippen molar-refractivity contribution in [2.24, 2.45) is 0 Å². The maximum atomic E-state index is 9.66. The molecule has 162 valence electrons. The van der Waals surface area contributed by atoms with Crippen LogP contribution >= 0.6 is 0 Å². The number of hydrogen-bond acceptors (Lipinski definition) is 6. The van der Waals surface area contributed by atoms with Gasteiger partial charge in [-0.1, -0.05) is 19.3 Å². The van der Waals surface area contributed by atoms with Crippen LogP contribution in [0.25, 0.3) is 11.3 Å². The molecule has 7 heteroatoms. The summed E-state index contributed by atoms with van der Waals surface area (Å²) in [7, 11) is 0. The number of hydrogen-bond donors (Lipinski definition) is 1. The fraction of sp³-hybridized carbons (Fsp3) is 0.696. The molecule has 2 saturated heterocycles. The molecule has 1 N–H and O–H groups in total. The van der Waals surface area contributed by atoms with E-state index in [1.165, 1.54) is 63.6 Å². The highest BCUT2D eigenvalue weighted by molar-refractivity contribution is 5.63. The van der Waals surface area contributed by atoms with E-state index in [2.05, 4.69) is 19.9 Å². The van der Waals surface area contributed by atoms with Crippen molar-refractivity contribution in [3.05, 3.63) is 24.2 Å². The minimum absolute atomic E-state index is 0.104. The molecule has 3 aliphatic rings. The van der Waals surface area contributed by atoms with Gasteiger partial charge in [0.05, 0.1) is 36.8 Å². The zero-order valence-corrected chi connectivity index (χ0v) is 17.9. The molecule has 1 atom stereocenters. The molecule has 0 amide bonds. The van der Waals surface area contributed by atoms with Gasteiger partial charge in [0.2, 0.25) is 5.95 Å². The summed E-state index contributed by atoms with van der Waals surface area (Å²) in [6.45, 7) is 3.89. The van der Waals surface area contributed by atoms with Crippen LogP contribution in [0.4, 0.5) is 5.95 Å². The van der Waals surface area contributed by atoms with Crippen LogP contribution in [0, 0.1) is 0 Å². The van der Waals surface area contributed by atoms with E-state index in [0.717, 1.165) is 36.7 Å². The molecule has 4 heterocycles. The van der Waals surface area contributed by atoms with Gasteiger partial charge in [0.1, 0.15) is 0 Å². The number of aliphatic hydroxyl groups excluding tert-OH is 1. The van der Waals surface area contributed by atoms with Crippen LogP contribution in [-0.2, 0) is 6.54 Å². The molecule has 2 aromatic rings. The van der Waals surface area contributed by atoms with E-state index < -0.39 is 0 Å². The van der Waals surface area contributed by atoms with Gasteiger partial charge >= 0.3 is 0 Å². The lowest BCUT2D eigenvalue weighted by Crippen LogP contribution is -2.37. The fourth-order valence-corrected chi connectivity index (χ4v) is 5.72. The summed E-state index contributed by atoms with van der Waals surface area (Å²) in [5.41, 5.74) is 3.30. The summed E-state index contributed by atoms with van der Waals surface area (Å²) in [6.07, 6.45) is 15.4. The molecule has 5 rings (SSSR count). The largest absolute Gasteiger partial charge is 0.394 e. The van der Waals surface area contributed by atoms with E-state index in [4.69, 9.17) is 4.98 Å². The smallest absolute Gasteiger partial charge is 0.225 e. The Labute approximate surface area is 179 Å². The normalized spacial score (nSPS) is 23.5. The van der Waals surface area contributed by atoms with Crippen LogP contribution in [-0.4, -0.2) is 62.0 Å². The molecule has 0 bridgehead atoms. The average Bonchev–Trinajstić information content (AvgIpc) is 3.55. The Kier molecular flexibility index (Phi) is 6.00. The topological polar surface area (TPSA) is 70.3 Å². The Balaban J connectivity index is 1.50. The zero-order chi connectivity index (χ0) is 20.3. The highest BCUT2D eigenvalue weighted by Gasteiger charge is 2.36. The van der Waals surface area contributed by atoms with Crippen molar-refractivity contribution < 1.29 is 5.11 Å². The Morgan fingerprint density at radius 3 is 2.60 bits per heavy atom. The van der Waals surface area contributed by atoms with Crippen LogP contribution in [0.2, 0.25) is 0 Å². The van der Waals surface area contributed by atoms with Crippen molar-refractivity contribution >= 4 is 5.95 Å². The SMILES string of the molecule is OCCn1ncc(-c2ccnc(N3CCCC3)n2)c1C1CCCN1C1CCCCC1. The molecule has 1 saturated carbocycles. The summed E-state index contributed by atoms with van der Waals surface area (Å²) < 4.78 is 2.03. The first-order valence-corrected chi connectivity index (χ1v) is 11.9. The Hall–Kier alpha value is -1.99. The molecule has 30 heavy (non-hydrogen) atoms. The van der Waals surface area contributed by atoms with Gasteiger partial charge in [0.25, 0.3) is 0 Å². The predicted octanol–water partition coefficient (Wildman–Crippen LogP) is 3.40. The molecule has 2 aromatic heterocycles. The summed E-state index contributed by atoms with van der Waals surface area (Å²) in [6, 6.07) is 3.06. The molecule has 2 aliphatic heterocycles. The van der Waals surface area contributed by atoms with Crippen molar-refractivity contribution in [1.82, 2.24) is 24.6 Å². The van der Waals surface area contributed by atoms with Crippen LogP contribution < -0.4 is 4.90 Å². The highest BCUT2D eigenvalue weighted by Crippen LogP contribution is 2.41. The molecule has 1 unspecified atom stereocenters. The molecule has 0 radical (unpaired) electrons. The summed E-state index contributed by atoms with van der Waals surface area (Å²) in [4.78, 5) is 14.5. The number of aromatic nitrogens is 4. The van der Waals surface area contributed by atoms with Gasteiger partial charge in [-0.05, 0) is 51.1 Å². The molecule has 1 aliphatic carbocycles. The van der Waals surface area contributed by atoms with Crippen LogP contribution in [0.15, 0.2) is 18.5 Å². The number of nitrogens with zero attached hydrogens (tertiary/aromatic N) is 6. The minimum atomic E-state index is 0.104. The first-order chi connectivity index (χ1) is 14.8. The van der Waals surface area contributed by atoms with Crippen molar-refractivity contribution in [3.8, 4) is 11.3 Å². The summed E-state index contributed by atoms with van der Waals surface area (Å²) in [5, 5.41) is 14.4. The first-order valence-electron chi connectivity index (χ1n) is 11.9. The van der Waals surface area contributed by atoms with Gasteiger partial charge in [0.15, 0.2) is 0 Å². The number of likely N-dealkylation sites (tertiary alicyclic amines) is 1. The lowest BCUT2D eigenvalue weighted by atomic mass is 9.93. The minimum Gasteiger partial charge on any atom is -0.394 e. The Morgan fingerprint density at radius 1 is 0.967 bits per heavy atom. The van der Waals surface area contributed by atoms with E-state index in [0.29, 0.717) is 18.6 Å². The third kappa shape index (κ3) is 3.85. The van der Waals surface area contributed by atoms with Crippen LogP contribution in [0.1, 0.15) is 69.5 Å². The lowest BCUT2D eigenvalue weighted by molar-refractivity contribution is 0.136. The second-order valence-electron chi connectivity index (χ2n) is 9.01. The van der Waals surface area contributed by atoms with Gasteiger partial charge in [-0.15, -0.1) is 0 Å². The number of aliphatic hydroxyl groups is 1. The van der Waals surface area contributed by atoms with Crippen LogP contribution in [0.3, 0.4) is 0 Å². The molecule has 7 nitrogen and oxygen atoms in total. The molecular formula is C23H34N6O. The van der Waals surface area contributed by atoms with Crippen molar-refractivity contribution in [2.75, 3.05) is 31.1 Å². The van der Waals surface area contributed by atoms with Crippen LogP contribution in [0.5, 0.6) is 0 Å². The zero-order valence-electron chi connectivity index (χ0n) is 17.9. The molecule has 0 aromatic carbocycles. The predicted molar refractivity (Wildman–Crippen MR) is 117 cm³/mol. The van der Waals surface area contributed by atoms with Crippen molar-refractivity contribution in [1.29, 1.82) is 0 Å². The van der Waals surface area contributed by atoms with Gasteiger partial charge in [0, 0.05) is 30.9 Å². The van der Waals surface area contributed by atoms with E-state index in [1.807, 2.05) is 23.1 Å². The highest BCUT2D eigenvalue weighted by atomic mass is 16.3. The monoisotopic (exact) mass is 410 g/mol. The van der Waals surface area contributed by atoms with E-state index >= 15 is 0 Å². The molecule has 0 spiro atoms. The molecular weight excluding hydrogens is 376 g/mol. The molecule has 3 fully saturated rings. The second-order valence-corrected chi connectivity index (χ2v) is 9.01. The van der Waals surface area contributed by atoms with E-state index in [-0.39, 0.29) is 6.61 Å². The standard InChI is InChI=1S/C23H34N6O/c30-16-15-29-22(21-9-6-14-28(21)18-7-2-1-3-8-18)19(17-25-29)20-10-11-24-23(26-20)27-12-4-5-13-27/h10-11,17-18,21,30H,1-9,12-16H2. The third-order valence-electron chi connectivity index (χ3n) is 7.15. The van der Waals surface area contributed by atoms with E-state index in [1.54, 1.807) is 0 Å². The maximum absolute atomic E-state index is 9.66. The maximum Gasteiger partial charge on any atom is 0.225 e. The fourth-order valence-electron chi connectivity index (χ4n) is 5.72. The Morgan fingerprint density at radius 2 is 1.80 bits per heavy atom. The van der Waals surface area contributed by atoms with Gasteiger partial charge in [-0.2, -0.15) is 5.10 Å². The van der Waals surface area contributed by atoms with Crippen molar-refractivity contribution in [2.45, 2.75) is 76.4 Å². The number of rotatable bonds is 6. The summed E-state index contributed by atoms with van der Waals surface area (Å²) >= 11 is 0. The average molecular weight is 411 g/mol. The van der Waals surface area contributed by atoms with Gasteiger partial charge < -0.3 is 10.0 Å².